The summed E-state index contributed by atoms with van der Waals surface area (Å²) in [6.45, 7) is 0. The van der Waals surface area contributed by atoms with Gasteiger partial charge in [-0.3, -0.25) is 0 Å². The zero-order valence-electron chi connectivity index (χ0n) is 30.6. The summed E-state index contributed by atoms with van der Waals surface area (Å²) in [4.78, 5) is 15.3. The van der Waals surface area contributed by atoms with Crippen LogP contribution < -0.4 is 0 Å². The van der Waals surface area contributed by atoms with Gasteiger partial charge < -0.3 is 4.42 Å². The lowest BCUT2D eigenvalue weighted by molar-refractivity contribution is 0.669. The van der Waals surface area contributed by atoms with Crippen LogP contribution in [0, 0.1) is 0 Å². The Morgan fingerprint density at radius 1 is 0.368 bits per heavy atom. The van der Waals surface area contributed by atoms with Gasteiger partial charge in [0.1, 0.15) is 11.2 Å². The Bertz CT molecular complexity index is 3320. The molecule has 0 aliphatic heterocycles. The van der Waals surface area contributed by atoms with Crippen LogP contribution in [0.15, 0.2) is 192 Å². The summed E-state index contributed by atoms with van der Waals surface area (Å²) in [6, 6.07) is 67.0. The minimum atomic E-state index is -0.537. The van der Waals surface area contributed by atoms with Crippen LogP contribution in [0.4, 0.5) is 0 Å². The number of nitrogens with zero attached hydrogens (tertiary/aromatic N) is 3. The third-order valence-electron chi connectivity index (χ3n) is 11.6. The summed E-state index contributed by atoms with van der Waals surface area (Å²) in [5.74, 6) is 1.86. The van der Waals surface area contributed by atoms with Crippen LogP contribution in [-0.4, -0.2) is 15.0 Å². The largest absolute Gasteiger partial charge is 0.456 e. The second-order valence-corrected chi connectivity index (χ2v) is 15.8. The fourth-order valence-electron chi connectivity index (χ4n) is 9.07. The van der Waals surface area contributed by atoms with Crippen LogP contribution in [0.2, 0.25) is 0 Å². The van der Waals surface area contributed by atoms with Crippen LogP contribution in [0.25, 0.3) is 87.4 Å². The third kappa shape index (κ3) is 4.82. The van der Waals surface area contributed by atoms with E-state index in [0.717, 1.165) is 38.6 Å². The Balaban J connectivity index is 1.05. The van der Waals surface area contributed by atoms with E-state index in [0.29, 0.717) is 17.5 Å². The maximum Gasteiger partial charge on any atom is 0.164 e. The monoisotopic (exact) mass is 745 g/mol. The number of hydrogen-bond donors (Lipinski definition) is 0. The summed E-state index contributed by atoms with van der Waals surface area (Å²) < 4.78 is 8.75. The van der Waals surface area contributed by atoms with Crippen molar-refractivity contribution in [2.75, 3.05) is 0 Å². The maximum atomic E-state index is 6.15. The molecule has 3 heterocycles. The molecule has 0 fully saturated rings. The number of fused-ring (bicyclic) bond motifs is 9. The molecule has 11 aromatic rings. The van der Waals surface area contributed by atoms with Gasteiger partial charge in [-0.1, -0.05) is 146 Å². The summed E-state index contributed by atoms with van der Waals surface area (Å²) in [5.41, 5.74) is 11.5. The molecule has 0 N–H and O–H groups in total. The highest BCUT2D eigenvalue weighted by molar-refractivity contribution is 7.25. The molecule has 12 rings (SSSR count). The predicted molar refractivity (Wildman–Crippen MR) is 234 cm³/mol. The van der Waals surface area contributed by atoms with Gasteiger partial charge in [-0.2, -0.15) is 0 Å². The van der Waals surface area contributed by atoms with Crippen LogP contribution >= 0.6 is 11.3 Å². The fraction of sp³-hybridized carbons (Fsp3) is 0.0192. The van der Waals surface area contributed by atoms with Crippen molar-refractivity contribution in [2.24, 2.45) is 0 Å². The molecule has 57 heavy (non-hydrogen) atoms. The number of rotatable bonds is 5. The predicted octanol–water partition coefficient (Wildman–Crippen LogP) is 13.5. The molecule has 0 spiro atoms. The van der Waals surface area contributed by atoms with E-state index in [1.807, 2.05) is 72.0 Å². The van der Waals surface area contributed by atoms with Crippen molar-refractivity contribution in [1.29, 1.82) is 0 Å². The molecular formula is C52H31N3OS. The van der Waals surface area contributed by atoms with Crippen molar-refractivity contribution in [1.82, 2.24) is 15.0 Å². The van der Waals surface area contributed by atoms with Gasteiger partial charge in [0.05, 0.1) is 5.41 Å². The van der Waals surface area contributed by atoms with Crippen molar-refractivity contribution < 1.29 is 4.42 Å². The Labute approximate surface area is 332 Å². The summed E-state index contributed by atoms with van der Waals surface area (Å²) >= 11 is 1.85. The van der Waals surface area contributed by atoms with Crippen molar-refractivity contribution in [3.63, 3.8) is 0 Å². The summed E-state index contributed by atoms with van der Waals surface area (Å²) in [7, 11) is 0. The molecule has 1 aliphatic rings. The minimum absolute atomic E-state index is 0.537. The van der Waals surface area contributed by atoms with E-state index in [1.165, 1.54) is 53.6 Å². The fourth-order valence-corrected chi connectivity index (χ4v) is 10.2. The molecule has 8 aromatic carbocycles. The normalized spacial score (nSPS) is 13.1. The van der Waals surface area contributed by atoms with Gasteiger partial charge in [0.2, 0.25) is 0 Å². The number of benzene rings is 8. The van der Waals surface area contributed by atoms with E-state index < -0.39 is 5.41 Å². The minimum Gasteiger partial charge on any atom is -0.456 e. The van der Waals surface area contributed by atoms with Crippen molar-refractivity contribution in [3.8, 4) is 45.3 Å². The second kappa shape index (κ2) is 12.4. The molecule has 5 heteroatoms. The SMILES string of the molecule is c1ccc(-c2nc(-c3ccc(C4(c5ccc6sc7ccccc7c6c5)c5ccccc5-c5ccccc54)cc3)nc(-c3ccc4oc5ccccc5c4c3)n2)cc1. The molecule has 0 radical (unpaired) electrons. The highest BCUT2D eigenvalue weighted by Gasteiger charge is 2.46. The first-order chi connectivity index (χ1) is 28.2. The lowest BCUT2D eigenvalue weighted by Crippen LogP contribution is -2.28. The number of furan rings is 1. The van der Waals surface area contributed by atoms with Gasteiger partial charge in [0.25, 0.3) is 0 Å². The van der Waals surface area contributed by atoms with E-state index in [9.17, 15) is 0 Å². The molecule has 0 bridgehead atoms. The Morgan fingerprint density at radius 3 is 1.67 bits per heavy atom. The molecule has 0 amide bonds. The van der Waals surface area contributed by atoms with E-state index >= 15 is 0 Å². The van der Waals surface area contributed by atoms with Gasteiger partial charge in [0, 0.05) is 47.6 Å². The summed E-state index contributed by atoms with van der Waals surface area (Å²) in [6.07, 6.45) is 0. The molecular weight excluding hydrogens is 715 g/mol. The topological polar surface area (TPSA) is 51.8 Å². The van der Waals surface area contributed by atoms with E-state index in [-0.39, 0.29) is 0 Å². The van der Waals surface area contributed by atoms with E-state index in [2.05, 4.69) is 127 Å². The highest BCUT2D eigenvalue weighted by Crippen LogP contribution is 2.56. The molecule has 0 unspecified atom stereocenters. The van der Waals surface area contributed by atoms with Gasteiger partial charge in [-0.25, -0.2) is 15.0 Å². The first-order valence-electron chi connectivity index (χ1n) is 19.2. The molecule has 4 nitrogen and oxygen atoms in total. The van der Waals surface area contributed by atoms with Crippen molar-refractivity contribution >= 4 is 53.4 Å². The van der Waals surface area contributed by atoms with E-state index in [1.54, 1.807) is 0 Å². The number of thiophene rings is 1. The van der Waals surface area contributed by atoms with Crippen LogP contribution in [-0.2, 0) is 5.41 Å². The van der Waals surface area contributed by atoms with Gasteiger partial charge in [-0.15, -0.1) is 11.3 Å². The lowest BCUT2D eigenvalue weighted by atomic mass is 9.67. The Hall–Kier alpha value is -7.21. The second-order valence-electron chi connectivity index (χ2n) is 14.7. The molecule has 266 valence electrons. The molecule has 3 aromatic heterocycles. The average molecular weight is 746 g/mol. The standard InChI is InChI=1S/C52H31N3OS/c1-2-12-32(13-3-1)49-53-50(55-51(54-49)34-24-28-46-41(30-34)39-16-6-10-20-45(39)56-46)33-22-25-35(26-23-33)52(43-18-8-4-14-37(43)38-15-5-9-19-44(38)52)36-27-29-48-42(31-36)40-17-7-11-21-47(40)57-48/h1-31H. The first-order valence-corrected chi connectivity index (χ1v) is 20.0. The number of para-hydroxylation sites is 1. The van der Waals surface area contributed by atoms with Crippen LogP contribution in [0.1, 0.15) is 22.3 Å². The van der Waals surface area contributed by atoms with Gasteiger partial charge in [0.15, 0.2) is 17.5 Å². The smallest absolute Gasteiger partial charge is 0.164 e. The zero-order chi connectivity index (χ0) is 37.5. The van der Waals surface area contributed by atoms with Gasteiger partial charge in [-0.05, 0) is 75.8 Å². The average Bonchev–Trinajstić information content (AvgIpc) is 3.94. The molecule has 0 atom stereocenters. The van der Waals surface area contributed by atoms with Crippen LogP contribution in [0.3, 0.4) is 0 Å². The van der Waals surface area contributed by atoms with Crippen molar-refractivity contribution in [3.05, 3.63) is 210 Å². The quantitative estimate of drug-likeness (QED) is 0.176. The van der Waals surface area contributed by atoms with Crippen molar-refractivity contribution in [2.45, 2.75) is 5.41 Å². The summed E-state index contributed by atoms with van der Waals surface area (Å²) in [5, 5.41) is 4.69. The highest BCUT2D eigenvalue weighted by atomic mass is 32.1. The number of aromatic nitrogens is 3. The maximum absolute atomic E-state index is 6.15. The lowest BCUT2D eigenvalue weighted by Gasteiger charge is -2.34. The Kier molecular flexibility index (Phi) is 6.98. The first kappa shape index (κ1) is 32.1. The zero-order valence-corrected chi connectivity index (χ0v) is 31.4. The number of hydrogen-bond acceptors (Lipinski definition) is 5. The molecule has 1 aliphatic carbocycles. The molecule has 0 saturated heterocycles. The van der Waals surface area contributed by atoms with Crippen LogP contribution in [0.5, 0.6) is 0 Å². The van der Waals surface area contributed by atoms with E-state index in [4.69, 9.17) is 19.4 Å². The Morgan fingerprint density at radius 2 is 0.912 bits per heavy atom. The molecule has 0 saturated carbocycles. The third-order valence-corrected chi connectivity index (χ3v) is 12.8. The van der Waals surface area contributed by atoms with Gasteiger partial charge >= 0.3 is 0 Å².